The number of hydrogen-bond acceptors (Lipinski definition) is 1. The molecule has 1 atom stereocenters. The Morgan fingerprint density at radius 1 is 1.21 bits per heavy atom. The normalized spacial score (nSPS) is 19.9. The molecule has 0 bridgehead atoms. The van der Waals surface area contributed by atoms with Crippen LogP contribution < -0.4 is 5.73 Å². The smallest absolute Gasteiger partial charge is 0.127 e. The van der Waals surface area contributed by atoms with Crippen LogP contribution in [0.25, 0.3) is 0 Å². The van der Waals surface area contributed by atoms with Gasteiger partial charge in [-0.1, -0.05) is 31.0 Å². The first-order valence-electron chi connectivity index (χ1n) is 5.29. The molecular formula is C12H16FN. The van der Waals surface area contributed by atoms with Crippen LogP contribution in [0.2, 0.25) is 0 Å². The number of hydrogen-bond donors (Lipinski definition) is 1. The molecule has 2 rings (SSSR count). The molecule has 1 saturated carbocycles. The van der Waals surface area contributed by atoms with Gasteiger partial charge < -0.3 is 5.73 Å². The lowest BCUT2D eigenvalue weighted by Crippen LogP contribution is -2.20. The molecule has 0 aliphatic heterocycles. The van der Waals surface area contributed by atoms with Crippen LogP contribution >= 0.6 is 0 Å². The lowest BCUT2D eigenvalue weighted by Gasteiger charge is -2.19. The maximum Gasteiger partial charge on any atom is 0.127 e. The second-order valence-corrected chi connectivity index (χ2v) is 4.09. The summed E-state index contributed by atoms with van der Waals surface area (Å²) in [4.78, 5) is 0. The lowest BCUT2D eigenvalue weighted by atomic mass is 9.92. The van der Waals surface area contributed by atoms with Crippen molar-refractivity contribution in [2.75, 3.05) is 0 Å². The minimum Gasteiger partial charge on any atom is -0.324 e. The summed E-state index contributed by atoms with van der Waals surface area (Å²) >= 11 is 0. The van der Waals surface area contributed by atoms with Crippen LogP contribution in [-0.4, -0.2) is 0 Å². The van der Waals surface area contributed by atoms with Crippen LogP contribution in [0.5, 0.6) is 0 Å². The minimum absolute atomic E-state index is 0.112. The minimum atomic E-state index is -0.160. The van der Waals surface area contributed by atoms with Gasteiger partial charge in [-0.15, -0.1) is 0 Å². The van der Waals surface area contributed by atoms with Crippen molar-refractivity contribution >= 4 is 0 Å². The zero-order chi connectivity index (χ0) is 9.97. The van der Waals surface area contributed by atoms with Crippen LogP contribution in [0.4, 0.5) is 4.39 Å². The summed E-state index contributed by atoms with van der Waals surface area (Å²) in [6, 6.07) is 6.74. The Morgan fingerprint density at radius 2 is 1.86 bits per heavy atom. The summed E-state index contributed by atoms with van der Waals surface area (Å²) in [6.45, 7) is 0. The van der Waals surface area contributed by atoms with Crippen LogP contribution in [0, 0.1) is 11.7 Å². The fourth-order valence-corrected chi connectivity index (χ4v) is 2.32. The van der Waals surface area contributed by atoms with Gasteiger partial charge in [0.05, 0.1) is 0 Å². The maximum atomic E-state index is 13.4. The first kappa shape index (κ1) is 9.66. The Labute approximate surface area is 84.1 Å². The van der Waals surface area contributed by atoms with Crippen LogP contribution in [0.15, 0.2) is 24.3 Å². The molecule has 0 saturated heterocycles. The Kier molecular flexibility index (Phi) is 2.82. The van der Waals surface area contributed by atoms with Gasteiger partial charge in [0.1, 0.15) is 5.82 Å². The van der Waals surface area contributed by atoms with E-state index in [1.807, 2.05) is 6.07 Å². The van der Waals surface area contributed by atoms with E-state index < -0.39 is 0 Å². The van der Waals surface area contributed by atoms with Crippen LogP contribution in [0.3, 0.4) is 0 Å². The molecular weight excluding hydrogens is 177 g/mol. The molecule has 1 aromatic carbocycles. The third kappa shape index (κ3) is 1.80. The third-order valence-corrected chi connectivity index (χ3v) is 3.17. The van der Waals surface area contributed by atoms with Gasteiger partial charge in [0.15, 0.2) is 0 Å². The van der Waals surface area contributed by atoms with E-state index in [4.69, 9.17) is 5.73 Å². The predicted molar refractivity (Wildman–Crippen MR) is 55.3 cm³/mol. The largest absolute Gasteiger partial charge is 0.324 e. The van der Waals surface area contributed by atoms with Gasteiger partial charge in [-0.2, -0.15) is 0 Å². The number of benzene rings is 1. The first-order valence-corrected chi connectivity index (χ1v) is 5.29. The van der Waals surface area contributed by atoms with Crippen LogP contribution in [0.1, 0.15) is 37.3 Å². The van der Waals surface area contributed by atoms with Gasteiger partial charge in [0.25, 0.3) is 0 Å². The van der Waals surface area contributed by atoms with Crippen molar-refractivity contribution in [3.63, 3.8) is 0 Å². The average Bonchev–Trinajstić information content (AvgIpc) is 2.70. The third-order valence-electron chi connectivity index (χ3n) is 3.17. The molecule has 1 fully saturated rings. The second-order valence-electron chi connectivity index (χ2n) is 4.09. The van der Waals surface area contributed by atoms with Crippen molar-refractivity contribution in [3.05, 3.63) is 35.6 Å². The van der Waals surface area contributed by atoms with E-state index in [9.17, 15) is 4.39 Å². The van der Waals surface area contributed by atoms with Crippen molar-refractivity contribution in [2.24, 2.45) is 11.7 Å². The van der Waals surface area contributed by atoms with Gasteiger partial charge in [-0.25, -0.2) is 4.39 Å². The second kappa shape index (κ2) is 4.09. The number of halogens is 1. The molecule has 0 unspecified atom stereocenters. The molecule has 76 valence electrons. The fourth-order valence-electron chi connectivity index (χ4n) is 2.32. The quantitative estimate of drug-likeness (QED) is 0.767. The summed E-state index contributed by atoms with van der Waals surface area (Å²) < 4.78 is 13.4. The summed E-state index contributed by atoms with van der Waals surface area (Å²) in [5, 5.41) is 0. The van der Waals surface area contributed by atoms with Crippen molar-refractivity contribution in [3.8, 4) is 0 Å². The lowest BCUT2D eigenvalue weighted by molar-refractivity contribution is 0.429. The van der Waals surface area contributed by atoms with E-state index in [1.165, 1.54) is 18.9 Å². The van der Waals surface area contributed by atoms with Crippen molar-refractivity contribution in [1.29, 1.82) is 0 Å². The highest BCUT2D eigenvalue weighted by molar-refractivity contribution is 5.21. The van der Waals surface area contributed by atoms with E-state index in [2.05, 4.69) is 0 Å². The topological polar surface area (TPSA) is 26.0 Å². The number of rotatable bonds is 2. The van der Waals surface area contributed by atoms with Gasteiger partial charge in [-0.05, 0) is 24.8 Å². The Morgan fingerprint density at radius 3 is 2.50 bits per heavy atom. The molecule has 0 spiro atoms. The number of nitrogens with two attached hydrogens (primary N) is 1. The van der Waals surface area contributed by atoms with E-state index in [-0.39, 0.29) is 11.9 Å². The van der Waals surface area contributed by atoms with Crippen molar-refractivity contribution in [2.45, 2.75) is 31.7 Å². The Balaban J connectivity index is 2.17. The molecule has 0 radical (unpaired) electrons. The average molecular weight is 193 g/mol. The van der Waals surface area contributed by atoms with E-state index in [1.54, 1.807) is 12.1 Å². The zero-order valence-corrected chi connectivity index (χ0v) is 8.25. The van der Waals surface area contributed by atoms with Crippen molar-refractivity contribution in [1.82, 2.24) is 0 Å². The van der Waals surface area contributed by atoms with E-state index in [0.717, 1.165) is 12.8 Å². The Bertz CT molecular complexity index is 305. The highest BCUT2D eigenvalue weighted by Gasteiger charge is 2.24. The van der Waals surface area contributed by atoms with Gasteiger partial charge in [0.2, 0.25) is 0 Å². The molecule has 1 aromatic rings. The molecule has 0 heterocycles. The molecule has 0 amide bonds. The Hall–Kier alpha value is -0.890. The van der Waals surface area contributed by atoms with Crippen molar-refractivity contribution < 1.29 is 4.39 Å². The summed E-state index contributed by atoms with van der Waals surface area (Å²) in [7, 11) is 0. The maximum absolute atomic E-state index is 13.4. The van der Waals surface area contributed by atoms with E-state index >= 15 is 0 Å². The summed E-state index contributed by atoms with van der Waals surface area (Å²) in [6.07, 6.45) is 4.78. The van der Waals surface area contributed by atoms with E-state index in [0.29, 0.717) is 11.5 Å². The zero-order valence-electron chi connectivity index (χ0n) is 8.25. The summed E-state index contributed by atoms with van der Waals surface area (Å²) in [5.41, 5.74) is 6.74. The monoisotopic (exact) mass is 193 g/mol. The highest BCUT2D eigenvalue weighted by atomic mass is 19.1. The SMILES string of the molecule is N[C@H](c1ccccc1F)C1CCCC1. The first-order chi connectivity index (χ1) is 6.79. The predicted octanol–water partition coefficient (Wildman–Crippen LogP) is 3.02. The molecule has 14 heavy (non-hydrogen) atoms. The standard InChI is InChI=1S/C12H16FN/c13-11-8-4-3-7-10(11)12(14)9-5-1-2-6-9/h3-4,7-9,12H,1-2,5-6,14H2/t12-/m0/s1. The molecule has 1 nitrogen and oxygen atoms in total. The molecule has 1 aliphatic carbocycles. The highest BCUT2D eigenvalue weighted by Crippen LogP contribution is 2.34. The molecule has 2 N–H and O–H groups in total. The molecule has 1 aliphatic rings. The molecule has 0 aromatic heterocycles. The summed E-state index contributed by atoms with van der Waals surface area (Å²) in [5.74, 6) is 0.318. The fraction of sp³-hybridized carbons (Fsp3) is 0.500. The van der Waals surface area contributed by atoms with Crippen LogP contribution in [-0.2, 0) is 0 Å². The van der Waals surface area contributed by atoms with Gasteiger partial charge >= 0.3 is 0 Å². The van der Waals surface area contributed by atoms with Gasteiger partial charge in [-0.3, -0.25) is 0 Å². The van der Waals surface area contributed by atoms with Gasteiger partial charge in [0, 0.05) is 11.6 Å². The molecule has 2 heteroatoms.